The number of carbonyl (C=O) groups excluding carboxylic acids is 1. The molecule has 0 atom stereocenters. The summed E-state index contributed by atoms with van der Waals surface area (Å²) in [6, 6.07) is 15.7. The van der Waals surface area contributed by atoms with E-state index in [-0.39, 0.29) is 5.97 Å². The number of hydrogen-bond acceptors (Lipinski definition) is 5. The van der Waals surface area contributed by atoms with Crippen LogP contribution in [0.15, 0.2) is 48.7 Å². The lowest BCUT2D eigenvalue weighted by atomic mass is 10.0. The molecule has 2 aromatic carbocycles. The van der Waals surface area contributed by atoms with E-state index < -0.39 is 0 Å². The van der Waals surface area contributed by atoms with E-state index >= 15 is 0 Å². The lowest BCUT2D eigenvalue weighted by molar-refractivity contribution is 0.0535. The molecule has 0 N–H and O–H groups in total. The first-order valence-electron chi connectivity index (χ1n) is 9.79. The summed E-state index contributed by atoms with van der Waals surface area (Å²) >= 11 is 0. The summed E-state index contributed by atoms with van der Waals surface area (Å²) in [6.45, 7) is 3.23. The van der Waals surface area contributed by atoms with Crippen LogP contribution in [0.5, 0.6) is 0 Å². The first-order valence-corrected chi connectivity index (χ1v) is 9.79. The number of ether oxygens (including phenoxy) is 1. The van der Waals surface area contributed by atoms with Gasteiger partial charge in [-0.1, -0.05) is 12.1 Å². The van der Waals surface area contributed by atoms with E-state index in [1.54, 1.807) is 0 Å². The SMILES string of the molecule is N#Cc1ccc(-n2ncc3c2CCN(CCc2ccc4c(c2)COC4=O)C3)cc1. The first kappa shape index (κ1) is 17.7. The predicted molar refractivity (Wildman–Crippen MR) is 107 cm³/mol. The van der Waals surface area contributed by atoms with Crippen LogP contribution in [0.4, 0.5) is 0 Å². The van der Waals surface area contributed by atoms with Gasteiger partial charge in [-0.2, -0.15) is 10.4 Å². The van der Waals surface area contributed by atoms with Crippen molar-refractivity contribution < 1.29 is 9.53 Å². The second-order valence-electron chi connectivity index (χ2n) is 7.53. The van der Waals surface area contributed by atoms with Crippen LogP contribution >= 0.6 is 0 Å². The van der Waals surface area contributed by atoms with Crippen LogP contribution in [-0.2, 0) is 30.7 Å². The van der Waals surface area contributed by atoms with E-state index in [0.29, 0.717) is 17.7 Å². The zero-order valence-corrected chi connectivity index (χ0v) is 16.0. The third-order valence-corrected chi connectivity index (χ3v) is 5.72. The number of rotatable bonds is 4. The molecule has 0 unspecified atom stereocenters. The molecule has 5 rings (SSSR count). The van der Waals surface area contributed by atoms with Crippen molar-refractivity contribution in [3.05, 3.63) is 82.2 Å². The third-order valence-electron chi connectivity index (χ3n) is 5.72. The fraction of sp³-hybridized carbons (Fsp3) is 0.261. The molecule has 2 aliphatic heterocycles. The highest BCUT2D eigenvalue weighted by Crippen LogP contribution is 2.24. The van der Waals surface area contributed by atoms with Gasteiger partial charge < -0.3 is 4.74 Å². The Hall–Kier alpha value is -3.43. The average Bonchev–Trinajstić information content (AvgIpc) is 3.35. The largest absolute Gasteiger partial charge is 0.457 e. The van der Waals surface area contributed by atoms with Crippen LogP contribution in [0, 0.1) is 11.3 Å². The van der Waals surface area contributed by atoms with E-state index in [1.807, 2.05) is 47.3 Å². The molecule has 6 heteroatoms. The fourth-order valence-electron chi connectivity index (χ4n) is 4.11. The van der Waals surface area contributed by atoms with Gasteiger partial charge in [-0.05, 0) is 42.3 Å². The van der Waals surface area contributed by atoms with Gasteiger partial charge in [0.25, 0.3) is 0 Å². The standard InChI is InChI=1S/C23H20N4O2/c24-12-17-1-4-20(5-2-17)27-22-8-10-26(14-19(22)13-25-27)9-7-16-3-6-21-18(11-16)15-29-23(21)28/h1-6,11,13H,7-10,14-15H2. The third kappa shape index (κ3) is 3.30. The molecule has 144 valence electrons. The predicted octanol–water partition coefficient (Wildman–Crippen LogP) is 3.02. The Bertz CT molecular complexity index is 1120. The minimum atomic E-state index is -0.214. The molecule has 3 aromatic rings. The van der Waals surface area contributed by atoms with Crippen molar-refractivity contribution in [2.45, 2.75) is 26.0 Å². The van der Waals surface area contributed by atoms with Crippen molar-refractivity contribution in [2.75, 3.05) is 13.1 Å². The smallest absolute Gasteiger partial charge is 0.338 e. The van der Waals surface area contributed by atoms with E-state index in [1.165, 1.54) is 16.8 Å². The fourth-order valence-corrected chi connectivity index (χ4v) is 4.11. The summed E-state index contributed by atoms with van der Waals surface area (Å²) in [4.78, 5) is 14.0. The lowest BCUT2D eigenvalue weighted by Crippen LogP contribution is -2.32. The van der Waals surface area contributed by atoms with Gasteiger partial charge in [0.2, 0.25) is 0 Å². The zero-order chi connectivity index (χ0) is 19.8. The van der Waals surface area contributed by atoms with Crippen LogP contribution in [0.3, 0.4) is 0 Å². The highest BCUT2D eigenvalue weighted by Gasteiger charge is 2.23. The maximum Gasteiger partial charge on any atom is 0.338 e. The van der Waals surface area contributed by atoms with E-state index in [9.17, 15) is 4.79 Å². The molecule has 29 heavy (non-hydrogen) atoms. The Morgan fingerprint density at radius 3 is 2.83 bits per heavy atom. The number of fused-ring (bicyclic) bond motifs is 2. The Morgan fingerprint density at radius 2 is 2.00 bits per heavy atom. The van der Waals surface area contributed by atoms with Crippen molar-refractivity contribution in [1.29, 1.82) is 5.26 Å². The molecule has 0 saturated carbocycles. The molecule has 0 spiro atoms. The van der Waals surface area contributed by atoms with Crippen molar-refractivity contribution in [2.24, 2.45) is 0 Å². The van der Waals surface area contributed by atoms with Crippen LogP contribution in [0.1, 0.15) is 38.3 Å². The minimum absolute atomic E-state index is 0.214. The molecule has 1 aromatic heterocycles. The molecular weight excluding hydrogens is 364 g/mol. The maximum atomic E-state index is 11.6. The molecule has 0 amide bonds. The number of benzene rings is 2. The summed E-state index contributed by atoms with van der Waals surface area (Å²) in [7, 11) is 0. The molecular formula is C23H20N4O2. The van der Waals surface area contributed by atoms with Crippen LogP contribution in [0.2, 0.25) is 0 Å². The van der Waals surface area contributed by atoms with Gasteiger partial charge in [-0.3, -0.25) is 4.90 Å². The Balaban J connectivity index is 1.25. The normalized spacial score (nSPS) is 15.5. The number of aromatic nitrogens is 2. The van der Waals surface area contributed by atoms with Crippen molar-refractivity contribution in [3.8, 4) is 11.8 Å². The molecule has 0 aliphatic carbocycles. The second kappa shape index (κ2) is 7.19. The number of hydrogen-bond donors (Lipinski definition) is 0. The van der Waals surface area contributed by atoms with Crippen molar-refractivity contribution in [1.82, 2.24) is 14.7 Å². The summed E-state index contributed by atoms with van der Waals surface area (Å²) in [5, 5.41) is 13.6. The topological polar surface area (TPSA) is 71.2 Å². The van der Waals surface area contributed by atoms with Crippen LogP contribution < -0.4 is 0 Å². The van der Waals surface area contributed by atoms with Gasteiger partial charge in [0.15, 0.2) is 0 Å². The van der Waals surface area contributed by atoms with Crippen molar-refractivity contribution in [3.63, 3.8) is 0 Å². The Morgan fingerprint density at radius 1 is 1.14 bits per heavy atom. The summed E-state index contributed by atoms with van der Waals surface area (Å²) in [5.74, 6) is -0.214. The number of nitriles is 1. The van der Waals surface area contributed by atoms with Gasteiger partial charge >= 0.3 is 5.97 Å². The molecule has 2 aliphatic rings. The van der Waals surface area contributed by atoms with Crippen LogP contribution in [0.25, 0.3) is 5.69 Å². The van der Waals surface area contributed by atoms with Gasteiger partial charge in [-0.15, -0.1) is 0 Å². The van der Waals surface area contributed by atoms with Gasteiger partial charge in [-0.25, -0.2) is 9.48 Å². The minimum Gasteiger partial charge on any atom is -0.457 e. The highest BCUT2D eigenvalue weighted by molar-refractivity contribution is 5.93. The number of carbonyl (C=O) groups is 1. The van der Waals surface area contributed by atoms with Crippen molar-refractivity contribution >= 4 is 5.97 Å². The molecule has 0 fully saturated rings. The molecule has 6 nitrogen and oxygen atoms in total. The number of esters is 1. The summed E-state index contributed by atoms with van der Waals surface area (Å²) < 4.78 is 7.08. The number of nitrogens with zero attached hydrogens (tertiary/aromatic N) is 4. The summed E-state index contributed by atoms with van der Waals surface area (Å²) in [6.07, 6.45) is 3.85. The molecule has 3 heterocycles. The quantitative estimate of drug-likeness (QED) is 0.647. The zero-order valence-electron chi connectivity index (χ0n) is 16.0. The van der Waals surface area contributed by atoms with Gasteiger partial charge in [0, 0.05) is 42.9 Å². The molecule has 0 saturated heterocycles. The second-order valence-corrected chi connectivity index (χ2v) is 7.53. The average molecular weight is 384 g/mol. The summed E-state index contributed by atoms with van der Waals surface area (Å²) in [5.41, 5.74) is 7.09. The highest BCUT2D eigenvalue weighted by atomic mass is 16.5. The van der Waals surface area contributed by atoms with E-state index in [2.05, 4.69) is 22.1 Å². The van der Waals surface area contributed by atoms with Crippen LogP contribution in [-0.4, -0.2) is 33.7 Å². The van der Waals surface area contributed by atoms with Gasteiger partial charge in [0.05, 0.1) is 29.1 Å². The molecule has 0 bridgehead atoms. The van der Waals surface area contributed by atoms with E-state index in [0.717, 1.165) is 43.7 Å². The Kier molecular flexibility index (Phi) is 4.38. The maximum absolute atomic E-state index is 11.6. The number of cyclic esters (lactones) is 1. The lowest BCUT2D eigenvalue weighted by Gasteiger charge is -2.27. The molecule has 0 radical (unpaired) electrons. The Labute approximate surface area is 168 Å². The first-order chi connectivity index (χ1) is 14.2. The van der Waals surface area contributed by atoms with Gasteiger partial charge in [0.1, 0.15) is 6.61 Å². The van der Waals surface area contributed by atoms with E-state index in [4.69, 9.17) is 10.00 Å². The monoisotopic (exact) mass is 384 g/mol.